The van der Waals surface area contributed by atoms with Gasteiger partial charge in [-0.2, -0.15) is 0 Å². The van der Waals surface area contributed by atoms with Crippen LogP contribution in [0.5, 0.6) is 0 Å². The van der Waals surface area contributed by atoms with Crippen LogP contribution in [0.2, 0.25) is 0 Å². The summed E-state index contributed by atoms with van der Waals surface area (Å²) in [6.07, 6.45) is 3.22. The van der Waals surface area contributed by atoms with E-state index < -0.39 is 6.10 Å². The first-order valence-corrected chi connectivity index (χ1v) is 5.37. The number of carbonyl (C=O) groups excluding carboxylic acids is 1. The van der Waals surface area contributed by atoms with Crippen molar-refractivity contribution in [3.63, 3.8) is 0 Å². The fraction of sp³-hybridized carbons (Fsp3) is 0.900. The third kappa shape index (κ3) is 9.65. The average Bonchev–Trinajstić information content (AvgIpc) is 2.70. The molecular formula is C10H21NO4. The molecule has 0 aromatic rings. The molecule has 1 aliphatic heterocycles. The lowest BCUT2D eigenvalue weighted by atomic mass is 10.2. The quantitative estimate of drug-likeness (QED) is 0.465. The lowest BCUT2D eigenvalue weighted by Gasteiger charge is -2.03. The van der Waals surface area contributed by atoms with Gasteiger partial charge in [0.05, 0.1) is 12.7 Å². The van der Waals surface area contributed by atoms with Gasteiger partial charge in [-0.25, -0.2) is 0 Å². The molecule has 90 valence electrons. The largest absolute Gasteiger partial charge is 0.396 e. The third-order valence-electron chi connectivity index (χ3n) is 2.06. The molecule has 15 heavy (non-hydrogen) atoms. The maximum absolute atomic E-state index is 10.1. The first-order valence-electron chi connectivity index (χ1n) is 5.37. The van der Waals surface area contributed by atoms with Crippen molar-refractivity contribution in [2.75, 3.05) is 19.8 Å². The molecule has 1 fully saturated rings. The SMILES string of the molecule is O=C1CCCN1.OCCCCC(O)CO. The second-order valence-electron chi connectivity index (χ2n) is 3.51. The van der Waals surface area contributed by atoms with Gasteiger partial charge in [0, 0.05) is 19.6 Å². The number of aliphatic hydroxyl groups is 3. The molecule has 0 aliphatic carbocycles. The average molecular weight is 219 g/mol. The molecule has 1 aliphatic rings. The van der Waals surface area contributed by atoms with Gasteiger partial charge in [0.1, 0.15) is 0 Å². The predicted octanol–water partition coefficient (Wildman–Crippen LogP) is -0.601. The van der Waals surface area contributed by atoms with E-state index >= 15 is 0 Å². The molecule has 1 rings (SSSR count). The van der Waals surface area contributed by atoms with Gasteiger partial charge in [-0.1, -0.05) is 0 Å². The monoisotopic (exact) mass is 219 g/mol. The number of hydrogen-bond acceptors (Lipinski definition) is 4. The smallest absolute Gasteiger partial charge is 0.220 e. The number of hydrogen-bond donors (Lipinski definition) is 4. The fourth-order valence-corrected chi connectivity index (χ4v) is 1.15. The van der Waals surface area contributed by atoms with Crippen molar-refractivity contribution in [1.82, 2.24) is 5.32 Å². The van der Waals surface area contributed by atoms with Gasteiger partial charge in [-0.05, 0) is 25.7 Å². The lowest BCUT2D eigenvalue weighted by Crippen LogP contribution is -2.12. The Morgan fingerprint density at radius 2 is 2.07 bits per heavy atom. The van der Waals surface area contributed by atoms with Crippen molar-refractivity contribution in [3.05, 3.63) is 0 Å². The Morgan fingerprint density at radius 1 is 1.33 bits per heavy atom. The molecule has 0 bridgehead atoms. The van der Waals surface area contributed by atoms with Crippen LogP contribution in [-0.2, 0) is 4.79 Å². The van der Waals surface area contributed by atoms with Crippen LogP contribution in [0, 0.1) is 0 Å². The van der Waals surface area contributed by atoms with Crippen molar-refractivity contribution < 1.29 is 20.1 Å². The lowest BCUT2D eigenvalue weighted by molar-refractivity contribution is -0.119. The summed E-state index contributed by atoms with van der Waals surface area (Å²) >= 11 is 0. The number of carbonyl (C=O) groups is 1. The molecule has 1 saturated heterocycles. The van der Waals surface area contributed by atoms with Gasteiger partial charge < -0.3 is 20.6 Å². The van der Waals surface area contributed by atoms with E-state index in [4.69, 9.17) is 15.3 Å². The van der Waals surface area contributed by atoms with E-state index in [0.29, 0.717) is 12.8 Å². The van der Waals surface area contributed by atoms with Crippen molar-refractivity contribution in [2.45, 2.75) is 38.2 Å². The van der Waals surface area contributed by atoms with E-state index in [-0.39, 0.29) is 19.1 Å². The predicted molar refractivity (Wildman–Crippen MR) is 56.3 cm³/mol. The van der Waals surface area contributed by atoms with Gasteiger partial charge in [-0.15, -0.1) is 0 Å². The van der Waals surface area contributed by atoms with Crippen LogP contribution in [0.3, 0.4) is 0 Å². The highest BCUT2D eigenvalue weighted by Gasteiger charge is 2.05. The molecular weight excluding hydrogens is 198 g/mol. The Hall–Kier alpha value is -0.650. The summed E-state index contributed by atoms with van der Waals surface area (Å²) in [5, 5.41) is 28.1. The number of rotatable bonds is 5. The summed E-state index contributed by atoms with van der Waals surface area (Å²) in [4.78, 5) is 10.1. The van der Waals surface area contributed by atoms with Crippen molar-refractivity contribution in [3.8, 4) is 0 Å². The molecule has 1 atom stereocenters. The molecule has 1 amide bonds. The molecule has 5 heteroatoms. The van der Waals surface area contributed by atoms with Crippen LogP contribution in [0.4, 0.5) is 0 Å². The van der Waals surface area contributed by atoms with Crippen LogP contribution in [0.25, 0.3) is 0 Å². The first kappa shape index (κ1) is 14.3. The minimum atomic E-state index is -0.600. The van der Waals surface area contributed by atoms with Crippen LogP contribution < -0.4 is 5.32 Å². The highest BCUT2D eigenvalue weighted by atomic mass is 16.3. The molecule has 0 aromatic heterocycles. The summed E-state index contributed by atoms with van der Waals surface area (Å²) in [6.45, 7) is 0.877. The van der Waals surface area contributed by atoms with Crippen LogP contribution in [0.1, 0.15) is 32.1 Å². The Kier molecular flexibility index (Phi) is 9.46. The topological polar surface area (TPSA) is 89.8 Å². The van der Waals surface area contributed by atoms with E-state index in [9.17, 15) is 4.79 Å². The zero-order valence-electron chi connectivity index (χ0n) is 8.98. The Labute approximate surface area is 90.1 Å². The standard InChI is InChI=1S/C6H14O3.C4H7NO/c7-4-2-1-3-6(9)5-8;6-4-2-1-3-5-4/h6-9H,1-5H2;1-3H2,(H,5,6). The number of nitrogens with one attached hydrogen (secondary N) is 1. The zero-order valence-corrected chi connectivity index (χ0v) is 8.98. The second-order valence-corrected chi connectivity index (χ2v) is 3.51. The minimum Gasteiger partial charge on any atom is -0.396 e. The number of amides is 1. The van der Waals surface area contributed by atoms with Gasteiger partial charge >= 0.3 is 0 Å². The Morgan fingerprint density at radius 3 is 2.40 bits per heavy atom. The number of unbranched alkanes of at least 4 members (excludes halogenated alkanes) is 1. The van der Waals surface area contributed by atoms with Crippen LogP contribution in [-0.4, -0.2) is 47.1 Å². The highest BCUT2D eigenvalue weighted by Crippen LogP contribution is 1.98. The molecule has 5 nitrogen and oxygen atoms in total. The Balaban J connectivity index is 0.000000280. The van der Waals surface area contributed by atoms with Crippen LogP contribution >= 0.6 is 0 Å². The summed E-state index contributed by atoms with van der Waals surface area (Å²) in [5.74, 6) is 0.204. The van der Waals surface area contributed by atoms with E-state index in [1.807, 2.05) is 0 Å². The maximum atomic E-state index is 10.1. The van der Waals surface area contributed by atoms with E-state index in [1.54, 1.807) is 0 Å². The van der Waals surface area contributed by atoms with E-state index in [1.165, 1.54) is 0 Å². The molecule has 0 saturated carbocycles. The minimum absolute atomic E-state index is 0.165. The molecule has 0 radical (unpaired) electrons. The summed E-state index contributed by atoms with van der Waals surface area (Å²) in [5.41, 5.74) is 0. The molecule has 1 heterocycles. The van der Waals surface area contributed by atoms with Gasteiger partial charge in [-0.3, -0.25) is 4.79 Å². The molecule has 4 N–H and O–H groups in total. The van der Waals surface area contributed by atoms with Crippen molar-refractivity contribution in [1.29, 1.82) is 0 Å². The highest BCUT2D eigenvalue weighted by molar-refractivity contribution is 5.77. The van der Waals surface area contributed by atoms with E-state index in [2.05, 4.69) is 5.32 Å². The van der Waals surface area contributed by atoms with Crippen LogP contribution in [0.15, 0.2) is 0 Å². The van der Waals surface area contributed by atoms with Crippen molar-refractivity contribution >= 4 is 5.91 Å². The molecule has 1 unspecified atom stereocenters. The van der Waals surface area contributed by atoms with Gasteiger partial charge in [0.25, 0.3) is 0 Å². The van der Waals surface area contributed by atoms with Crippen molar-refractivity contribution in [2.24, 2.45) is 0 Å². The summed E-state index contributed by atoms with van der Waals surface area (Å²) in [6, 6.07) is 0. The maximum Gasteiger partial charge on any atom is 0.220 e. The normalized spacial score (nSPS) is 16.6. The fourth-order valence-electron chi connectivity index (χ4n) is 1.15. The van der Waals surface area contributed by atoms with E-state index in [0.717, 1.165) is 25.8 Å². The number of aliphatic hydroxyl groups excluding tert-OH is 3. The zero-order chi connectivity index (χ0) is 11.5. The first-order chi connectivity index (χ1) is 7.20. The molecule has 0 aromatic carbocycles. The molecule has 0 spiro atoms. The Bertz CT molecular complexity index is 156. The summed E-state index contributed by atoms with van der Waals surface area (Å²) in [7, 11) is 0. The third-order valence-corrected chi connectivity index (χ3v) is 2.06. The van der Waals surface area contributed by atoms with Gasteiger partial charge in [0.15, 0.2) is 0 Å². The van der Waals surface area contributed by atoms with Gasteiger partial charge in [0.2, 0.25) is 5.91 Å². The second kappa shape index (κ2) is 9.89. The summed E-state index contributed by atoms with van der Waals surface area (Å²) < 4.78 is 0.